The molecule has 0 spiro atoms. The molecule has 13 amide bonds. The molecule has 7 N–H and O–H groups in total. The number of Topliss-reactive ketones (excluding diaryl/α,β-unsaturated/α-hetero) is 1. The number of thioether (sulfide) groups is 1. The van der Waals surface area contributed by atoms with Crippen LogP contribution in [0.25, 0.3) is 47.9 Å². The number of hydrogen-bond acceptors (Lipinski definition) is 26. The van der Waals surface area contributed by atoms with Gasteiger partial charge in [0.15, 0.2) is 23.3 Å². The topological polar surface area (TPSA) is 586 Å². The van der Waals surface area contributed by atoms with Crippen LogP contribution in [0.4, 0.5) is 17.6 Å². The van der Waals surface area contributed by atoms with Crippen LogP contribution in [-0.4, -0.2) is 218 Å². The number of nitrogens with zero attached hydrogens (tertiary/aromatic N) is 9. The second kappa shape index (κ2) is 66.2. The first-order chi connectivity index (χ1) is 46.6. The summed E-state index contributed by atoms with van der Waals surface area (Å²) in [5.74, 6) is -20.3. The second-order valence-corrected chi connectivity index (χ2v) is 19.3. The number of hydrogen-bond donors (Lipinski definition) is 6. The number of nitrogens with two attached hydrogens (primary N) is 1. The zero-order valence-electron chi connectivity index (χ0n) is 52.0. The molecule has 2 aromatic carbocycles. The van der Waals surface area contributed by atoms with E-state index in [2.05, 4.69) is 107 Å². The van der Waals surface area contributed by atoms with Crippen LogP contribution in [0.3, 0.4) is 0 Å². The van der Waals surface area contributed by atoms with E-state index in [1.807, 2.05) is 13.8 Å². The number of nitrogens with one attached hydrogen (secondary N) is 4. The summed E-state index contributed by atoms with van der Waals surface area (Å²) in [7, 11) is 0. The summed E-state index contributed by atoms with van der Waals surface area (Å²) >= 11 is 16.7. The molecule has 0 atom stereocenters. The molecule has 545 valence electrons. The quantitative estimate of drug-likeness (QED) is 0.0264. The fourth-order valence-corrected chi connectivity index (χ4v) is 5.70. The standard InChI is InChI=1S/C15H15F4N3O4S.C15H17N3O6S.C11H20N4O4S.C8H13N3O5S.C3H9N.3O.3Tc/c16-9-2-10(17)15(19)8(14(9)18)1-7(23)3-20-11(24)4-21-12(25)5-22-13(26)6-27;19-11(16-6-12(20)18-8-14(22)23)7-17-13(21)9-25-15(24)10-4-2-1-3-5-10;1-7(2)15-10(18)5-13-8(16)3-12-9(17)4-14-11(19)6-20;12-5(2-10-7(14)4-17)9-1-6(13)11-3-8(15)16;1-3(2)4;;;;;;/h2H,1,3-6H2,(H4,20,21,22,24,25,26,27);1-5H,6-9H2,(H,16,19)(H,17,21)(H,18,20)(H,22,23);7H,3-6H2,1-2H3,(H5,12,13,14,15,16,17,18,19,20);1-4H2,(H5,9,10,11,12,13,14,15,16,17);3H,4H2,1-2H3;;;;;;/q;;;;;;;;3*+4/p-13. The fraction of sp³-hybridized carbons (Fsp3) is 0.442. The third kappa shape index (κ3) is 65.9. The Hall–Kier alpha value is -7.74. The van der Waals surface area contributed by atoms with Gasteiger partial charge in [-0.3, -0.25) is 28.8 Å². The third-order valence-corrected chi connectivity index (χ3v) is 10.3. The first-order valence-electron chi connectivity index (χ1n) is 26.4. The van der Waals surface area contributed by atoms with Gasteiger partial charge in [-0.05, 0) is 26.4 Å². The molecule has 2 aromatic rings. The van der Waals surface area contributed by atoms with Crippen molar-refractivity contribution in [2.24, 2.45) is 5.73 Å². The Bertz CT molecular complexity index is 2940. The molecule has 0 saturated carbocycles. The number of carboxylic acid groups (broad SMARTS) is 2. The summed E-state index contributed by atoms with van der Waals surface area (Å²) in [4.78, 5) is 188. The molecule has 0 unspecified atom stereocenters. The Morgan fingerprint density at radius 2 is 0.798 bits per heavy atom. The molecule has 0 aromatic heterocycles. The van der Waals surface area contributed by atoms with Crippen LogP contribution < -0.4 is 32.1 Å². The SMILES string of the molecule is CC(C)N.CC(C)NC(=O)C[N-]C(=O)C[N-]C(=O)C[N-]C(=O)C[S-].O=C(C[N-]C(=O)C[N-]C(=O)C[N-]C(=O)C[S-])Cc1c(F)c(F)cc(F)c1F.O=C(O)CNC(=O)CNC(=O)CNC(=O)CSC(=O)c1ccccc1.O=C([O-])C[N-]C(=O)C[N-]C(=O)C[N-]C(=O)C[S-].[O]=[Tc+4].[O]=[Tc+4].[O]=[Tc+4]. The number of ketones is 1. The van der Waals surface area contributed by atoms with Crippen molar-refractivity contribution < 1.29 is 176 Å². The molecule has 0 saturated heterocycles. The van der Waals surface area contributed by atoms with Crippen LogP contribution in [0, 0.1) is 23.3 Å². The summed E-state index contributed by atoms with van der Waals surface area (Å²) in [6.45, 7) is 0.940. The molecule has 47 heteroatoms. The molecule has 0 heterocycles. The molecular weight excluding hydrogens is 1670 g/mol. The van der Waals surface area contributed by atoms with Crippen molar-refractivity contribution in [3.05, 3.63) is 119 Å². The Morgan fingerprint density at radius 1 is 0.485 bits per heavy atom. The molecule has 0 aliphatic rings. The van der Waals surface area contributed by atoms with E-state index in [9.17, 15) is 104 Å². The number of amides is 13. The molecule has 0 bridgehead atoms. The van der Waals surface area contributed by atoms with Crippen molar-refractivity contribution in [3.8, 4) is 0 Å². The van der Waals surface area contributed by atoms with Crippen molar-refractivity contribution in [2.75, 3.05) is 102 Å². The van der Waals surface area contributed by atoms with Gasteiger partial charge in [-0.1, -0.05) is 108 Å². The van der Waals surface area contributed by atoms with E-state index in [0.29, 0.717) is 11.6 Å². The predicted octanol–water partition coefficient (Wildman–Crippen LogP) is -1.67. The normalized spacial score (nSPS) is 9.37. The van der Waals surface area contributed by atoms with Crippen molar-refractivity contribution in [3.63, 3.8) is 0 Å². The molecule has 2 rings (SSSR count). The van der Waals surface area contributed by atoms with Crippen LogP contribution in [-0.2, 0) is 188 Å². The van der Waals surface area contributed by atoms with Crippen LogP contribution in [0.1, 0.15) is 43.6 Å². The van der Waals surface area contributed by atoms with Crippen molar-refractivity contribution >= 4 is 149 Å². The zero-order valence-corrected chi connectivity index (χ0v) is 60.9. The summed E-state index contributed by atoms with van der Waals surface area (Å²) in [5, 5.41) is 56.6. The van der Waals surface area contributed by atoms with Crippen molar-refractivity contribution in [1.29, 1.82) is 0 Å². The van der Waals surface area contributed by atoms with E-state index in [-0.39, 0.29) is 59.2 Å². The summed E-state index contributed by atoms with van der Waals surface area (Å²) < 4.78 is 77.6. The fourth-order valence-electron chi connectivity index (χ4n) is 4.76. The van der Waals surface area contributed by atoms with Gasteiger partial charge < -0.3 is 176 Å². The van der Waals surface area contributed by atoms with E-state index in [0.717, 1.165) is 68.3 Å². The first-order valence-corrected chi connectivity index (χ1v) is 31.4. The number of benzene rings is 2. The molecule has 0 fully saturated rings. The van der Waals surface area contributed by atoms with Gasteiger partial charge in [-0.15, -0.1) is 17.3 Å². The van der Waals surface area contributed by atoms with Crippen molar-refractivity contribution in [1.82, 2.24) is 21.3 Å². The van der Waals surface area contributed by atoms with Gasteiger partial charge in [0.25, 0.3) is 0 Å². The Labute approximate surface area is 614 Å². The van der Waals surface area contributed by atoms with Crippen LogP contribution >= 0.6 is 11.8 Å². The number of rotatable bonds is 33. The van der Waals surface area contributed by atoms with Crippen LogP contribution in [0.5, 0.6) is 0 Å². The molecule has 0 aliphatic carbocycles. The van der Waals surface area contributed by atoms with Gasteiger partial charge in [-0.2, -0.15) is 0 Å². The molecule has 0 radical (unpaired) electrons. The Balaban J connectivity index is -0.000000282. The van der Waals surface area contributed by atoms with Gasteiger partial charge in [0.2, 0.25) is 28.7 Å². The number of halogens is 4. The molecule has 36 nitrogen and oxygen atoms in total. The average Bonchev–Trinajstić information content (AvgIpc) is 0.823. The van der Waals surface area contributed by atoms with Gasteiger partial charge in [-0.25, -0.2) is 17.6 Å². The van der Waals surface area contributed by atoms with Crippen LogP contribution in [0.15, 0.2) is 36.4 Å². The minimum atomic E-state index is -1.72. The maximum atomic E-state index is 13.4. The summed E-state index contributed by atoms with van der Waals surface area (Å²) in [6.07, 6.45) is -1.03. The average molecular weight is 1730 g/mol. The third-order valence-electron chi connectivity index (χ3n) is 8.63. The zero-order chi connectivity index (χ0) is 77.6. The number of carbonyl (C=O) groups is 17. The Morgan fingerprint density at radius 3 is 1.13 bits per heavy atom. The Kier molecular flexibility index (Phi) is 68.3. The van der Waals surface area contributed by atoms with Crippen molar-refractivity contribution in [2.45, 2.75) is 46.2 Å². The molecular formula is C52H61F4N14O22S4Tc3-. The summed E-state index contributed by atoms with van der Waals surface area (Å²) in [6, 6.07) is 8.76. The predicted molar refractivity (Wildman–Crippen MR) is 330 cm³/mol. The number of aliphatic carboxylic acids is 2. The molecule has 99 heavy (non-hydrogen) atoms. The van der Waals surface area contributed by atoms with Gasteiger partial charge in [0.1, 0.15) is 12.3 Å². The van der Waals surface area contributed by atoms with Gasteiger partial charge in [0.05, 0.1) is 18.8 Å². The van der Waals surface area contributed by atoms with Gasteiger partial charge in [0, 0.05) is 88.8 Å². The van der Waals surface area contributed by atoms with E-state index >= 15 is 0 Å². The number of carboxylic acids is 2. The van der Waals surface area contributed by atoms with E-state index in [1.165, 1.54) is 0 Å². The first kappa shape index (κ1) is 102. The van der Waals surface area contributed by atoms with Crippen LogP contribution in [0.2, 0.25) is 0 Å². The van der Waals surface area contributed by atoms with E-state index in [1.54, 1.807) is 44.2 Å². The number of carbonyl (C=O) groups excluding carboxylic acids is 16. The molecule has 0 aliphatic heterocycles. The van der Waals surface area contributed by atoms with E-state index < -0.39 is 189 Å². The minimum absolute atomic E-state index is 0.000389. The van der Waals surface area contributed by atoms with Gasteiger partial charge >= 0.3 is 73.0 Å². The maximum absolute atomic E-state index is 13.4. The monoisotopic (exact) mass is 1730 g/mol. The summed E-state index contributed by atoms with van der Waals surface area (Å²) in [5.41, 5.74) is 4.47. The second-order valence-electron chi connectivity index (χ2n) is 17.5. The van der Waals surface area contributed by atoms with E-state index in [4.69, 9.17) is 21.4 Å².